The van der Waals surface area contributed by atoms with Gasteiger partial charge in [-0.25, -0.2) is 0 Å². The van der Waals surface area contributed by atoms with Crippen LogP contribution in [0, 0.1) is 5.92 Å². The molecule has 0 unspecified atom stereocenters. The summed E-state index contributed by atoms with van der Waals surface area (Å²) in [6.45, 7) is 5.23. The van der Waals surface area contributed by atoms with Gasteiger partial charge in [0.15, 0.2) is 0 Å². The Morgan fingerprint density at radius 1 is 0.623 bits per heavy atom. The van der Waals surface area contributed by atoms with Crippen LogP contribution in [0.3, 0.4) is 0 Å². The standard InChI is InChI=1S/C51H75N11O15/c1-28(2)23-38(61-50(76)43(53)30(4)63)51(77)62-22-10-14-39(62)49(75)59-34(13-8-9-21-52)45(71)54-26-40(65)57-36(24-31-11-6-5-7-12-31)48(74)60-37(25-32-15-17-33(64)18-16-32)47(73)56-29(3)44(70)58-35(19-20-41(66)67)46(72)55-27-42(68)69/h5-7,11-12,15-18,28-30,34-39,43,63-64H,8-10,13-14,19-27,52-53H2,1-4H3,(H,54,71)(H,55,72)(H,56,73)(H,57,65)(H,58,70)(H,59,75)(H,60,74)(H,61,76)(H,66,67)(H,68,69)/t29-,30+,34-,35-,36-,37-,38-,39-,43-/m0/s1. The highest BCUT2D eigenvalue weighted by atomic mass is 16.4. The second-order valence-electron chi connectivity index (χ2n) is 19.3. The van der Waals surface area contributed by atoms with Gasteiger partial charge in [-0.2, -0.15) is 0 Å². The number of phenols is 1. The maximum Gasteiger partial charge on any atom is 0.322 e. The second-order valence-corrected chi connectivity index (χ2v) is 19.3. The number of aliphatic carboxylic acids is 2. The zero-order valence-corrected chi connectivity index (χ0v) is 43.8. The summed E-state index contributed by atoms with van der Waals surface area (Å²) >= 11 is 0. The van der Waals surface area contributed by atoms with Crippen molar-refractivity contribution in [3.8, 4) is 5.75 Å². The monoisotopic (exact) mass is 1080 g/mol. The average molecular weight is 1080 g/mol. The largest absolute Gasteiger partial charge is 0.508 e. The number of phenolic OH excluding ortho intramolecular Hbond substituents is 1. The van der Waals surface area contributed by atoms with Crippen LogP contribution in [0.1, 0.15) is 90.2 Å². The Kier molecular flexibility index (Phi) is 26.4. The van der Waals surface area contributed by atoms with E-state index in [1.54, 1.807) is 30.3 Å². The van der Waals surface area contributed by atoms with Gasteiger partial charge in [0.05, 0.1) is 12.6 Å². The number of carbonyl (C=O) groups excluding carboxylic acids is 9. The van der Waals surface area contributed by atoms with Gasteiger partial charge in [-0.05, 0) is 94.5 Å². The Morgan fingerprint density at radius 3 is 1.77 bits per heavy atom. The first-order chi connectivity index (χ1) is 36.4. The number of amides is 9. The summed E-state index contributed by atoms with van der Waals surface area (Å²) < 4.78 is 0. The molecule has 0 aromatic heterocycles. The molecule has 26 nitrogen and oxygen atoms in total. The number of unbranched alkanes of at least 4 members (excludes halogenated alkanes) is 1. The number of hydrogen-bond acceptors (Lipinski definition) is 15. The Hall–Kier alpha value is -7.71. The van der Waals surface area contributed by atoms with Crippen LogP contribution in [0.2, 0.25) is 0 Å². The van der Waals surface area contributed by atoms with Crippen LogP contribution in [-0.4, -0.2) is 171 Å². The predicted octanol–water partition coefficient (Wildman–Crippen LogP) is -2.84. The third-order valence-corrected chi connectivity index (χ3v) is 12.4. The fraction of sp³-hybridized carbons (Fsp3) is 0.549. The lowest BCUT2D eigenvalue weighted by atomic mass is 10.0. The Balaban J connectivity index is 1.81. The maximum absolute atomic E-state index is 14.3. The Labute approximate surface area is 446 Å². The van der Waals surface area contributed by atoms with E-state index in [4.69, 9.17) is 16.6 Å². The van der Waals surface area contributed by atoms with E-state index in [0.29, 0.717) is 30.4 Å². The molecule has 1 fully saturated rings. The highest BCUT2D eigenvalue weighted by Crippen LogP contribution is 2.21. The number of aliphatic hydroxyl groups is 1. The molecule has 2 aromatic carbocycles. The van der Waals surface area contributed by atoms with Gasteiger partial charge in [-0.1, -0.05) is 56.3 Å². The third-order valence-electron chi connectivity index (χ3n) is 12.4. The molecule has 1 heterocycles. The van der Waals surface area contributed by atoms with Crippen molar-refractivity contribution in [2.75, 3.05) is 26.2 Å². The lowest BCUT2D eigenvalue weighted by Gasteiger charge is -2.31. The molecule has 1 saturated heterocycles. The summed E-state index contributed by atoms with van der Waals surface area (Å²) in [5.74, 6) is -10.1. The molecule has 26 heteroatoms. The lowest BCUT2D eigenvalue weighted by Crippen LogP contribution is -2.59. The zero-order valence-electron chi connectivity index (χ0n) is 43.8. The predicted molar refractivity (Wildman–Crippen MR) is 276 cm³/mol. The minimum absolute atomic E-state index is 0.0616. The van der Waals surface area contributed by atoms with Gasteiger partial charge in [0, 0.05) is 25.8 Å². The number of benzene rings is 2. The van der Waals surface area contributed by atoms with Gasteiger partial charge in [-0.3, -0.25) is 52.7 Å². The molecular weight excluding hydrogens is 1010 g/mol. The minimum Gasteiger partial charge on any atom is -0.508 e. The third kappa shape index (κ3) is 22.2. The Morgan fingerprint density at radius 2 is 1.18 bits per heavy atom. The molecule has 0 saturated carbocycles. The van der Waals surface area contributed by atoms with E-state index >= 15 is 0 Å². The molecule has 9 atom stereocenters. The molecule has 0 bridgehead atoms. The number of carboxylic acid groups (broad SMARTS) is 2. The number of hydrogen-bond donors (Lipinski definition) is 14. The molecule has 0 aliphatic carbocycles. The van der Waals surface area contributed by atoms with Crippen molar-refractivity contribution in [3.05, 3.63) is 65.7 Å². The first-order valence-electron chi connectivity index (χ1n) is 25.5. The topological polar surface area (TPSA) is 420 Å². The average Bonchev–Trinajstić information content (AvgIpc) is 3.88. The molecule has 77 heavy (non-hydrogen) atoms. The molecule has 9 amide bonds. The highest BCUT2D eigenvalue weighted by Gasteiger charge is 2.40. The van der Waals surface area contributed by atoms with Gasteiger partial charge >= 0.3 is 11.9 Å². The molecule has 16 N–H and O–H groups in total. The van der Waals surface area contributed by atoms with Crippen LogP contribution in [0.15, 0.2) is 54.6 Å². The van der Waals surface area contributed by atoms with Gasteiger partial charge < -0.3 is 79.3 Å². The maximum atomic E-state index is 14.3. The van der Waals surface area contributed by atoms with E-state index in [9.17, 15) is 68.1 Å². The summed E-state index contributed by atoms with van der Waals surface area (Å²) in [6, 6.07) is 3.75. The minimum atomic E-state index is -1.50. The number of rotatable bonds is 32. The number of likely N-dealkylation sites (tertiary alicyclic amines) is 1. The number of aliphatic hydroxyl groups excluding tert-OH is 1. The van der Waals surface area contributed by atoms with Crippen LogP contribution in [0.25, 0.3) is 0 Å². The fourth-order valence-corrected chi connectivity index (χ4v) is 8.16. The van der Waals surface area contributed by atoms with Crippen LogP contribution >= 0.6 is 0 Å². The number of carbonyl (C=O) groups is 11. The van der Waals surface area contributed by atoms with Crippen LogP contribution in [-0.2, 0) is 65.6 Å². The lowest BCUT2D eigenvalue weighted by molar-refractivity contribution is -0.142. The van der Waals surface area contributed by atoms with Crippen LogP contribution in [0.4, 0.5) is 0 Å². The summed E-state index contributed by atoms with van der Waals surface area (Å²) in [5.41, 5.74) is 12.6. The van der Waals surface area contributed by atoms with Crippen molar-refractivity contribution in [1.29, 1.82) is 0 Å². The van der Waals surface area contributed by atoms with Crippen molar-refractivity contribution >= 4 is 65.1 Å². The smallest absolute Gasteiger partial charge is 0.322 e. The van der Waals surface area contributed by atoms with E-state index in [-0.39, 0.29) is 56.9 Å². The number of nitrogens with zero attached hydrogens (tertiary/aromatic N) is 1. The van der Waals surface area contributed by atoms with Crippen LogP contribution in [0.5, 0.6) is 5.75 Å². The molecule has 2 aromatic rings. The number of nitrogens with two attached hydrogens (primary N) is 2. The van der Waals surface area contributed by atoms with Gasteiger partial charge in [0.25, 0.3) is 0 Å². The number of aromatic hydroxyl groups is 1. The van der Waals surface area contributed by atoms with E-state index in [2.05, 4.69) is 42.5 Å². The van der Waals surface area contributed by atoms with Crippen molar-refractivity contribution in [1.82, 2.24) is 47.4 Å². The second kappa shape index (κ2) is 32.0. The summed E-state index contributed by atoms with van der Waals surface area (Å²) in [6.07, 6.45) is -0.664. The first kappa shape index (κ1) is 63.6. The number of carboxylic acids is 2. The summed E-state index contributed by atoms with van der Waals surface area (Å²) in [4.78, 5) is 146. The van der Waals surface area contributed by atoms with Crippen molar-refractivity contribution in [2.24, 2.45) is 17.4 Å². The van der Waals surface area contributed by atoms with Crippen molar-refractivity contribution in [2.45, 2.75) is 146 Å². The SMILES string of the molecule is CC(C)C[C@H](NC(=O)[C@@H](N)[C@@H](C)O)C(=O)N1CCC[C@H]1C(=O)N[C@@H](CCCCN)C(=O)NCC(=O)N[C@@H](Cc1ccccc1)C(=O)N[C@@H](Cc1ccc(O)cc1)C(=O)N[C@@H](C)C(=O)N[C@@H](CCC(=O)O)C(=O)NCC(=O)O. The van der Waals surface area contributed by atoms with E-state index in [1.807, 2.05) is 13.8 Å². The molecule has 0 spiro atoms. The van der Waals surface area contributed by atoms with Crippen LogP contribution < -0.4 is 54.0 Å². The molecular formula is C51H75N11O15. The van der Waals surface area contributed by atoms with Gasteiger partial charge in [0.1, 0.15) is 60.6 Å². The fourth-order valence-electron chi connectivity index (χ4n) is 8.16. The molecule has 0 radical (unpaired) electrons. The van der Waals surface area contributed by atoms with Crippen molar-refractivity contribution in [3.63, 3.8) is 0 Å². The Bertz CT molecular complexity index is 2360. The summed E-state index contributed by atoms with van der Waals surface area (Å²) in [5, 5.41) is 57.9. The molecule has 3 rings (SSSR count). The first-order valence-corrected chi connectivity index (χ1v) is 25.5. The number of nitrogens with one attached hydrogen (secondary N) is 8. The highest BCUT2D eigenvalue weighted by molar-refractivity contribution is 5.98. The molecule has 1 aliphatic rings. The van der Waals surface area contributed by atoms with Gasteiger partial charge in [0.2, 0.25) is 53.2 Å². The van der Waals surface area contributed by atoms with Crippen molar-refractivity contribution < 1.29 is 73.2 Å². The molecule has 1 aliphatic heterocycles. The van der Waals surface area contributed by atoms with Gasteiger partial charge in [-0.15, -0.1) is 0 Å². The summed E-state index contributed by atoms with van der Waals surface area (Å²) in [7, 11) is 0. The normalized spacial score (nSPS) is 16.2. The van der Waals surface area contributed by atoms with E-state index in [1.165, 1.54) is 43.0 Å². The molecule has 424 valence electrons. The van der Waals surface area contributed by atoms with E-state index < -0.39 is 145 Å². The quantitative estimate of drug-likeness (QED) is 0.0328. The van der Waals surface area contributed by atoms with E-state index in [0.717, 1.165) is 0 Å². The zero-order chi connectivity index (χ0) is 57.4.